The lowest BCUT2D eigenvalue weighted by Gasteiger charge is -2.37. The highest BCUT2D eigenvalue weighted by molar-refractivity contribution is 7.91. The zero-order valence-electron chi connectivity index (χ0n) is 31.5. The number of para-hydroxylation sites is 1. The summed E-state index contributed by atoms with van der Waals surface area (Å²) in [5, 5.41) is 4.09. The van der Waals surface area contributed by atoms with Crippen LogP contribution in [0.4, 0.5) is 4.79 Å². The highest BCUT2D eigenvalue weighted by atomic mass is 32.2. The number of hydrogen-bond donors (Lipinski definition) is 2. The molecule has 1 spiro atoms. The Labute approximate surface area is 317 Å². The van der Waals surface area contributed by atoms with E-state index in [0.29, 0.717) is 57.4 Å². The van der Waals surface area contributed by atoms with E-state index < -0.39 is 43.8 Å². The Kier molecular flexibility index (Phi) is 9.54. The number of nitrogens with zero attached hydrogens (tertiary/aromatic N) is 3. The fraction of sp³-hybridized carbons (Fsp3) is 0.634. The smallest absolute Gasteiger partial charge is 0.318 e. The first-order valence-electron chi connectivity index (χ1n) is 20.0. The first kappa shape index (κ1) is 36.9. The molecule has 5 heterocycles. The van der Waals surface area contributed by atoms with E-state index >= 15 is 0 Å². The number of urea groups is 1. The number of benzene rings is 1. The number of carbonyl (C=O) groups is 4. The molecule has 0 radical (unpaired) electrons. The van der Waals surface area contributed by atoms with Crippen molar-refractivity contribution in [2.45, 2.75) is 133 Å². The molecule has 13 heteroatoms. The molecule has 2 N–H and O–H groups in total. The maximum absolute atomic E-state index is 14.9. The Morgan fingerprint density at radius 3 is 2.52 bits per heavy atom. The summed E-state index contributed by atoms with van der Waals surface area (Å²) in [4.78, 5) is 65.4. The molecule has 12 nitrogen and oxygen atoms in total. The molecule has 5 atom stereocenters. The number of sulfonamides is 1. The summed E-state index contributed by atoms with van der Waals surface area (Å²) in [6.45, 7) is 4.99. The molecule has 2 saturated carbocycles. The molecule has 0 unspecified atom stereocenters. The van der Waals surface area contributed by atoms with Crippen LogP contribution in [0.25, 0.3) is 10.9 Å². The average Bonchev–Trinajstić information content (AvgIpc) is 4.05. The van der Waals surface area contributed by atoms with Crippen LogP contribution in [-0.2, 0) is 30.8 Å². The van der Waals surface area contributed by atoms with Crippen molar-refractivity contribution >= 4 is 44.6 Å². The van der Waals surface area contributed by atoms with Gasteiger partial charge in [-0.15, -0.1) is 0 Å². The van der Waals surface area contributed by atoms with E-state index in [4.69, 9.17) is 9.72 Å². The Morgan fingerprint density at radius 2 is 1.74 bits per heavy atom. The number of nitrogens with one attached hydrogen (secondary N) is 2. The molecule has 2 aliphatic carbocycles. The molecule has 1 aromatic carbocycles. The minimum atomic E-state index is -3.92. The van der Waals surface area contributed by atoms with Crippen molar-refractivity contribution in [3.8, 4) is 5.75 Å². The quantitative estimate of drug-likeness (QED) is 0.401. The second kappa shape index (κ2) is 13.9. The number of carbonyl (C=O) groups excluding carboxylic acids is 4. The third-order valence-corrected chi connectivity index (χ3v) is 15.4. The van der Waals surface area contributed by atoms with Crippen LogP contribution >= 0.6 is 0 Å². The van der Waals surface area contributed by atoms with Crippen molar-refractivity contribution in [3.05, 3.63) is 47.7 Å². The zero-order valence-corrected chi connectivity index (χ0v) is 32.3. The number of aryl methyl sites for hydroxylation is 2. The number of ether oxygens (including phenoxy) is 1. The molecule has 8 rings (SSSR count). The van der Waals surface area contributed by atoms with E-state index in [9.17, 15) is 27.6 Å². The van der Waals surface area contributed by atoms with Gasteiger partial charge in [0.15, 0.2) is 5.78 Å². The molecule has 290 valence electrons. The molecule has 2 aromatic rings. The summed E-state index contributed by atoms with van der Waals surface area (Å²) < 4.78 is 34.8. The molecule has 4 fully saturated rings. The second-order valence-electron chi connectivity index (χ2n) is 17.1. The number of fused-ring (bicyclic) bond motifs is 5. The SMILES string of the molecule is Cc1nc2ccccc2c2c1O[C@]1(CC2)C[C@H]2C(=O)C[C@]3(C(=O)NS(=O)(=O)C4(C)CC4)C[C@H]3/C=C\CCCCC[C@H](NC(=O)N3CCCCC3)C(=O)N2C1. The lowest BCUT2D eigenvalue weighted by molar-refractivity contribution is -0.140. The van der Waals surface area contributed by atoms with Crippen LogP contribution in [-0.4, -0.2) is 88.9 Å². The number of ketones is 1. The van der Waals surface area contributed by atoms with Gasteiger partial charge in [0.05, 0.1) is 34.0 Å². The van der Waals surface area contributed by atoms with Gasteiger partial charge in [0.1, 0.15) is 17.4 Å². The van der Waals surface area contributed by atoms with Gasteiger partial charge in [-0.2, -0.15) is 0 Å². The number of amides is 4. The normalized spacial score (nSPS) is 31.6. The van der Waals surface area contributed by atoms with Crippen LogP contribution in [0.5, 0.6) is 5.75 Å². The van der Waals surface area contributed by atoms with Gasteiger partial charge in [-0.3, -0.25) is 19.1 Å². The van der Waals surface area contributed by atoms with Crippen LogP contribution in [0.2, 0.25) is 0 Å². The minimum absolute atomic E-state index is 0.152. The third kappa shape index (κ3) is 6.79. The summed E-state index contributed by atoms with van der Waals surface area (Å²) in [5.74, 6) is -0.859. The predicted octanol–water partition coefficient (Wildman–Crippen LogP) is 5.26. The van der Waals surface area contributed by atoms with Crippen LogP contribution in [0.1, 0.15) is 108 Å². The predicted molar refractivity (Wildman–Crippen MR) is 203 cm³/mol. The maximum Gasteiger partial charge on any atom is 0.318 e. The van der Waals surface area contributed by atoms with Crippen molar-refractivity contribution in [1.29, 1.82) is 0 Å². The fourth-order valence-electron chi connectivity index (χ4n) is 9.32. The average molecular weight is 760 g/mol. The molecular weight excluding hydrogens is 707 g/mol. The molecule has 4 amide bonds. The van der Waals surface area contributed by atoms with Crippen LogP contribution < -0.4 is 14.8 Å². The lowest BCUT2D eigenvalue weighted by atomic mass is 9.85. The number of Topliss-reactive ketones (excluding diaryl/α,β-unsaturated/α-hetero) is 1. The molecule has 54 heavy (non-hydrogen) atoms. The van der Waals surface area contributed by atoms with Gasteiger partial charge in [0.25, 0.3) is 0 Å². The van der Waals surface area contributed by atoms with Gasteiger partial charge >= 0.3 is 6.03 Å². The molecule has 0 bridgehead atoms. The topological polar surface area (TPSA) is 155 Å². The Balaban J connectivity index is 1.13. The minimum Gasteiger partial charge on any atom is -0.483 e. The number of pyridine rings is 1. The number of rotatable bonds is 4. The van der Waals surface area contributed by atoms with Gasteiger partial charge in [-0.1, -0.05) is 43.2 Å². The lowest BCUT2D eigenvalue weighted by Crippen LogP contribution is -2.55. The summed E-state index contributed by atoms with van der Waals surface area (Å²) in [7, 11) is -3.92. The van der Waals surface area contributed by atoms with Gasteiger partial charge < -0.3 is 19.9 Å². The van der Waals surface area contributed by atoms with Crippen LogP contribution in [0.15, 0.2) is 36.4 Å². The summed E-state index contributed by atoms with van der Waals surface area (Å²) in [6.07, 6.45) is 13.1. The highest BCUT2D eigenvalue weighted by Gasteiger charge is 2.63. The zero-order chi connectivity index (χ0) is 37.9. The Bertz CT molecular complexity index is 2010. The summed E-state index contributed by atoms with van der Waals surface area (Å²) in [6, 6.07) is 5.96. The van der Waals surface area contributed by atoms with Gasteiger partial charge in [0.2, 0.25) is 21.8 Å². The number of piperidine rings is 1. The Morgan fingerprint density at radius 1 is 0.981 bits per heavy atom. The van der Waals surface area contributed by atoms with Crippen molar-refractivity contribution in [2.24, 2.45) is 11.3 Å². The van der Waals surface area contributed by atoms with E-state index in [0.717, 1.165) is 67.1 Å². The van der Waals surface area contributed by atoms with Crippen molar-refractivity contribution in [2.75, 3.05) is 19.6 Å². The Hall–Kier alpha value is -4.00. The van der Waals surface area contributed by atoms with E-state index in [1.807, 2.05) is 43.3 Å². The first-order valence-corrected chi connectivity index (χ1v) is 21.5. The maximum atomic E-state index is 14.9. The molecule has 6 aliphatic rings. The number of hydrogen-bond acceptors (Lipinski definition) is 8. The highest BCUT2D eigenvalue weighted by Crippen LogP contribution is 2.58. The van der Waals surface area contributed by atoms with Gasteiger partial charge in [-0.25, -0.2) is 18.2 Å². The molecular formula is C41H53N5O7S. The second-order valence-corrected chi connectivity index (χ2v) is 19.3. The van der Waals surface area contributed by atoms with Crippen molar-refractivity contribution in [3.63, 3.8) is 0 Å². The van der Waals surface area contributed by atoms with Crippen molar-refractivity contribution < 1.29 is 32.3 Å². The van der Waals surface area contributed by atoms with E-state index in [1.165, 1.54) is 0 Å². The van der Waals surface area contributed by atoms with E-state index in [1.54, 1.807) is 16.7 Å². The molecule has 4 aliphatic heterocycles. The van der Waals surface area contributed by atoms with Crippen LogP contribution in [0.3, 0.4) is 0 Å². The largest absolute Gasteiger partial charge is 0.483 e. The van der Waals surface area contributed by atoms with Gasteiger partial charge in [0, 0.05) is 36.9 Å². The molecule has 1 aromatic heterocycles. The number of allylic oxidation sites excluding steroid dienone is 2. The first-order chi connectivity index (χ1) is 25.8. The van der Waals surface area contributed by atoms with Gasteiger partial charge in [-0.05, 0) is 96.5 Å². The monoisotopic (exact) mass is 759 g/mol. The standard InChI is InChI=1S/C41H53N5O7S/c1-27-35-30(29-14-9-10-15-31(29)42-27)17-18-40(53-35)24-33-34(47)25-41(37(49)44-54(51,52)39(2)19-20-39)23-28(41)13-7-4-3-5-8-16-32(36(48)46(33)26-40)43-38(50)45-21-11-6-12-22-45/h7,9-10,13-15,28,32-33H,3-6,8,11-12,16-26H2,1-2H3,(H,43,50)(H,44,49)/b13-7-/t28-,32+,33+,40-,41-/m1/s1. The molecule has 2 saturated heterocycles. The van der Waals surface area contributed by atoms with Crippen molar-refractivity contribution in [1.82, 2.24) is 24.8 Å². The fourth-order valence-corrected chi connectivity index (χ4v) is 10.7. The third-order valence-electron chi connectivity index (χ3n) is 13.2. The summed E-state index contributed by atoms with van der Waals surface area (Å²) in [5.41, 5.74) is 0.584. The summed E-state index contributed by atoms with van der Waals surface area (Å²) >= 11 is 0. The number of likely N-dealkylation sites (tertiary alicyclic amines) is 1. The van der Waals surface area contributed by atoms with Crippen LogP contribution in [0, 0.1) is 18.3 Å². The van der Waals surface area contributed by atoms with E-state index in [2.05, 4.69) is 10.0 Å². The van der Waals surface area contributed by atoms with E-state index in [-0.39, 0.29) is 43.0 Å². The number of aromatic nitrogens is 1.